The molecule has 0 spiro atoms. The summed E-state index contributed by atoms with van der Waals surface area (Å²) in [6.45, 7) is 0. The molecule has 1 aromatic heterocycles. The zero-order valence-electron chi connectivity index (χ0n) is 16.9. The largest absolute Gasteiger partial charge is 0.290 e. The number of carbonyl (C=O) groups is 2. The van der Waals surface area contributed by atoms with Crippen LogP contribution in [0.3, 0.4) is 0 Å². The second kappa shape index (κ2) is 6.59. The molecular weight excluding hydrogens is 374 g/mol. The van der Waals surface area contributed by atoms with Gasteiger partial charge in [0.05, 0.1) is 11.5 Å². The fraction of sp³-hybridized carbons (Fsp3) is 0.440. The summed E-state index contributed by atoms with van der Waals surface area (Å²) < 4.78 is 0. The molecule has 0 N–H and O–H groups in total. The summed E-state index contributed by atoms with van der Waals surface area (Å²) >= 11 is 0. The molecule has 2 aromatic rings. The summed E-state index contributed by atoms with van der Waals surface area (Å²) in [7, 11) is 0. The highest BCUT2D eigenvalue weighted by Gasteiger charge is 2.51. The lowest BCUT2D eigenvalue weighted by Gasteiger charge is -2.55. The smallest absolute Gasteiger partial charge is 0.266 e. The fourth-order valence-corrected chi connectivity index (χ4v) is 6.76. The number of benzene rings is 1. The molecule has 152 valence electrons. The highest BCUT2D eigenvalue weighted by Crippen LogP contribution is 2.57. The van der Waals surface area contributed by atoms with E-state index in [0.29, 0.717) is 11.4 Å². The summed E-state index contributed by atoms with van der Waals surface area (Å²) in [4.78, 5) is 37.2. The lowest BCUT2D eigenvalue weighted by molar-refractivity contribution is -0.118. The first-order chi connectivity index (χ1) is 14.6. The van der Waals surface area contributed by atoms with E-state index in [0.717, 1.165) is 42.6 Å². The molecule has 2 heterocycles. The molecular formula is C25H25N3O2. The molecule has 4 aliphatic carbocycles. The molecule has 1 atom stereocenters. The minimum absolute atomic E-state index is 0.00125. The molecule has 1 aromatic carbocycles. The van der Waals surface area contributed by atoms with Gasteiger partial charge in [0.2, 0.25) is 5.91 Å². The maximum absolute atomic E-state index is 13.5. The lowest BCUT2D eigenvalue weighted by atomic mass is 9.53. The van der Waals surface area contributed by atoms with Gasteiger partial charge in [-0.1, -0.05) is 24.3 Å². The Kier molecular flexibility index (Phi) is 3.95. The van der Waals surface area contributed by atoms with Gasteiger partial charge in [-0.2, -0.15) is 0 Å². The topological polar surface area (TPSA) is 62.6 Å². The molecule has 5 nitrogen and oxygen atoms in total. The third kappa shape index (κ3) is 2.75. The van der Waals surface area contributed by atoms with E-state index in [4.69, 9.17) is 4.99 Å². The van der Waals surface area contributed by atoms with Crippen molar-refractivity contribution in [2.45, 2.75) is 50.0 Å². The van der Waals surface area contributed by atoms with Crippen molar-refractivity contribution in [3.8, 4) is 0 Å². The second-order valence-corrected chi connectivity index (χ2v) is 9.65. The number of aliphatic imine (C=N–C) groups is 1. The van der Waals surface area contributed by atoms with E-state index in [1.807, 2.05) is 24.4 Å². The monoisotopic (exact) mass is 399 g/mol. The number of fused-ring (bicyclic) bond motifs is 1. The van der Waals surface area contributed by atoms with Gasteiger partial charge in [-0.25, -0.2) is 9.88 Å². The van der Waals surface area contributed by atoms with Crippen LogP contribution in [-0.4, -0.2) is 28.6 Å². The highest BCUT2D eigenvalue weighted by molar-refractivity contribution is 6.28. The molecule has 30 heavy (non-hydrogen) atoms. The average Bonchev–Trinajstić information content (AvgIpc) is 2.73. The van der Waals surface area contributed by atoms with Gasteiger partial charge >= 0.3 is 0 Å². The van der Waals surface area contributed by atoms with Crippen LogP contribution in [0.1, 0.15) is 60.4 Å². The van der Waals surface area contributed by atoms with Gasteiger partial charge < -0.3 is 0 Å². The lowest BCUT2D eigenvalue weighted by Crippen LogP contribution is -2.50. The molecule has 7 rings (SSSR count). The third-order valence-corrected chi connectivity index (χ3v) is 7.60. The minimum Gasteiger partial charge on any atom is -0.290 e. The normalized spacial score (nSPS) is 34.6. The molecule has 0 unspecified atom stereocenters. The first-order valence-electron chi connectivity index (χ1n) is 11.1. The number of imide groups is 1. The van der Waals surface area contributed by atoms with Crippen molar-refractivity contribution in [2.75, 3.05) is 4.90 Å². The van der Waals surface area contributed by atoms with Crippen LogP contribution >= 0.6 is 0 Å². The predicted octanol–water partition coefficient (Wildman–Crippen LogP) is 4.39. The maximum atomic E-state index is 13.5. The van der Waals surface area contributed by atoms with E-state index in [-0.39, 0.29) is 17.4 Å². The molecule has 1 aliphatic heterocycles. The Hall–Kier alpha value is -2.82. The summed E-state index contributed by atoms with van der Waals surface area (Å²) in [5, 5.41) is 0. The molecule has 5 aliphatic rings. The van der Waals surface area contributed by atoms with Gasteiger partial charge in [-0.15, -0.1) is 0 Å². The number of carbonyl (C=O) groups excluding carboxylic acids is 2. The first kappa shape index (κ1) is 18.0. The number of pyridine rings is 1. The van der Waals surface area contributed by atoms with Crippen LogP contribution in [0.4, 0.5) is 5.82 Å². The van der Waals surface area contributed by atoms with E-state index in [1.165, 1.54) is 24.2 Å². The Bertz CT molecular complexity index is 1010. The summed E-state index contributed by atoms with van der Waals surface area (Å²) in [5.74, 6) is 1.65. The predicted molar refractivity (Wildman–Crippen MR) is 115 cm³/mol. The van der Waals surface area contributed by atoms with E-state index in [2.05, 4.69) is 4.98 Å². The number of nitrogens with zero attached hydrogens (tertiary/aromatic N) is 3. The van der Waals surface area contributed by atoms with Crippen LogP contribution in [0.25, 0.3) is 0 Å². The van der Waals surface area contributed by atoms with Crippen molar-refractivity contribution in [1.82, 2.24) is 4.98 Å². The summed E-state index contributed by atoms with van der Waals surface area (Å²) in [6, 6.07) is 12.7. The first-order valence-corrected chi connectivity index (χ1v) is 11.1. The van der Waals surface area contributed by atoms with Gasteiger partial charge in [-0.05, 0) is 80.0 Å². The number of hydrogen-bond donors (Lipinski definition) is 0. The zero-order chi connectivity index (χ0) is 20.3. The summed E-state index contributed by atoms with van der Waals surface area (Å²) in [6.07, 6.45) is 11.0. The average molecular weight is 399 g/mol. The van der Waals surface area contributed by atoms with E-state index < -0.39 is 5.92 Å². The van der Waals surface area contributed by atoms with Crippen LogP contribution in [0, 0.1) is 17.8 Å². The molecule has 4 fully saturated rings. The quantitative estimate of drug-likeness (QED) is 0.568. The van der Waals surface area contributed by atoms with Crippen molar-refractivity contribution < 1.29 is 9.59 Å². The molecule has 4 bridgehead atoms. The molecule has 0 saturated heterocycles. The molecule has 4 saturated carbocycles. The third-order valence-electron chi connectivity index (χ3n) is 7.60. The van der Waals surface area contributed by atoms with Crippen molar-refractivity contribution >= 4 is 23.8 Å². The Labute approximate surface area is 176 Å². The SMILES string of the molecule is O=C1c2ccccc2[C@H](C=NC23CC4CC(CC(C4)C2)C3)C(=O)N1c1ccccn1. The zero-order valence-corrected chi connectivity index (χ0v) is 16.9. The fourth-order valence-electron chi connectivity index (χ4n) is 6.76. The Morgan fingerprint density at radius 3 is 2.27 bits per heavy atom. The van der Waals surface area contributed by atoms with Crippen LogP contribution in [-0.2, 0) is 4.79 Å². The van der Waals surface area contributed by atoms with Crippen molar-refractivity contribution in [3.05, 3.63) is 59.8 Å². The second-order valence-electron chi connectivity index (χ2n) is 9.65. The van der Waals surface area contributed by atoms with Crippen LogP contribution in [0.5, 0.6) is 0 Å². The van der Waals surface area contributed by atoms with Gasteiger partial charge in [0.1, 0.15) is 5.82 Å². The number of rotatable bonds is 3. The highest BCUT2D eigenvalue weighted by atomic mass is 16.2. The standard InChI is InChI=1S/C25H25N3O2/c29-23-20-6-2-1-5-19(20)21(24(30)28(23)22-7-3-4-8-26-22)15-27-25-12-16-9-17(13-25)11-18(10-16)14-25/h1-8,15-18,21H,9-14H2/t16?,17?,18?,21-,25?/m0/s1. The number of aromatic nitrogens is 1. The van der Waals surface area contributed by atoms with Gasteiger partial charge in [0.25, 0.3) is 5.91 Å². The van der Waals surface area contributed by atoms with Gasteiger partial charge in [0, 0.05) is 18.0 Å². The summed E-state index contributed by atoms with van der Waals surface area (Å²) in [5.41, 5.74) is 1.32. The maximum Gasteiger partial charge on any atom is 0.266 e. The molecule has 0 radical (unpaired) electrons. The minimum atomic E-state index is -0.547. The van der Waals surface area contributed by atoms with E-state index >= 15 is 0 Å². The number of hydrogen-bond acceptors (Lipinski definition) is 4. The van der Waals surface area contributed by atoms with Crippen LogP contribution < -0.4 is 4.90 Å². The number of anilines is 1. The van der Waals surface area contributed by atoms with Gasteiger partial charge in [0.15, 0.2) is 0 Å². The van der Waals surface area contributed by atoms with Crippen LogP contribution in [0.15, 0.2) is 53.7 Å². The van der Waals surface area contributed by atoms with Crippen molar-refractivity contribution in [1.29, 1.82) is 0 Å². The van der Waals surface area contributed by atoms with Gasteiger partial charge in [-0.3, -0.25) is 14.6 Å². The molecule has 5 heteroatoms. The van der Waals surface area contributed by atoms with E-state index in [9.17, 15) is 9.59 Å². The Morgan fingerprint density at radius 2 is 1.60 bits per heavy atom. The number of amides is 2. The van der Waals surface area contributed by atoms with Crippen molar-refractivity contribution in [2.24, 2.45) is 22.7 Å². The van der Waals surface area contributed by atoms with Crippen molar-refractivity contribution in [3.63, 3.8) is 0 Å². The van der Waals surface area contributed by atoms with Crippen LogP contribution in [0.2, 0.25) is 0 Å². The molecule has 2 amide bonds. The van der Waals surface area contributed by atoms with E-state index in [1.54, 1.807) is 30.5 Å². The Morgan fingerprint density at radius 1 is 0.933 bits per heavy atom. The Balaban J connectivity index is 1.39.